The lowest BCUT2D eigenvalue weighted by molar-refractivity contribution is 0.312. The maximum atomic E-state index is 5.93. The fourth-order valence-corrected chi connectivity index (χ4v) is 2.82. The van der Waals surface area contributed by atoms with Crippen molar-refractivity contribution in [2.75, 3.05) is 38.1 Å². The van der Waals surface area contributed by atoms with Crippen LogP contribution < -0.4 is 10.6 Å². The van der Waals surface area contributed by atoms with E-state index < -0.39 is 0 Å². The van der Waals surface area contributed by atoms with Crippen LogP contribution in [0.4, 0.5) is 5.82 Å². The molecule has 0 aromatic carbocycles. The van der Waals surface area contributed by atoms with Crippen molar-refractivity contribution in [1.29, 1.82) is 0 Å². The highest BCUT2D eigenvalue weighted by Gasteiger charge is 2.20. The molecule has 2 aromatic heterocycles. The van der Waals surface area contributed by atoms with Gasteiger partial charge in [0.05, 0.1) is 5.69 Å². The lowest BCUT2D eigenvalue weighted by atomic mass is 10.1. The first-order valence-corrected chi connectivity index (χ1v) is 7.07. The minimum absolute atomic E-state index is 0.513. The van der Waals surface area contributed by atoms with E-state index in [4.69, 9.17) is 10.7 Å². The second-order valence-corrected chi connectivity index (χ2v) is 5.55. The van der Waals surface area contributed by atoms with Crippen LogP contribution in [0.15, 0.2) is 6.07 Å². The number of hydrogen-bond acceptors (Lipinski definition) is 5. The molecule has 0 saturated carbocycles. The van der Waals surface area contributed by atoms with Gasteiger partial charge in [0.25, 0.3) is 0 Å². The van der Waals surface area contributed by atoms with Crippen LogP contribution in [0.2, 0.25) is 0 Å². The molecule has 1 aliphatic rings. The minimum Gasteiger partial charge on any atom is -0.354 e. The van der Waals surface area contributed by atoms with E-state index in [1.807, 2.05) is 18.7 Å². The molecule has 0 radical (unpaired) electrons. The van der Waals surface area contributed by atoms with Gasteiger partial charge < -0.3 is 15.5 Å². The van der Waals surface area contributed by atoms with Crippen molar-refractivity contribution in [2.45, 2.75) is 13.5 Å². The predicted molar refractivity (Wildman–Crippen MR) is 80.8 cm³/mol. The van der Waals surface area contributed by atoms with E-state index in [1.54, 1.807) is 0 Å². The monoisotopic (exact) mass is 274 g/mol. The third-order valence-electron chi connectivity index (χ3n) is 4.08. The van der Waals surface area contributed by atoms with Crippen LogP contribution in [-0.2, 0) is 13.6 Å². The summed E-state index contributed by atoms with van der Waals surface area (Å²) in [6.07, 6.45) is 0. The molecule has 3 heterocycles. The van der Waals surface area contributed by atoms with Gasteiger partial charge in [0.15, 0.2) is 5.65 Å². The number of likely N-dealkylation sites (N-methyl/N-ethyl adjacent to an activating group) is 1. The van der Waals surface area contributed by atoms with E-state index >= 15 is 0 Å². The van der Waals surface area contributed by atoms with Crippen LogP contribution in [-0.4, -0.2) is 52.9 Å². The highest BCUT2D eigenvalue weighted by molar-refractivity contribution is 5.81. The number of fused-ring (bicyclic) bond motifs is 1. The smallest absolute Gasteiger partial charge is 0.160 e. The van der Waals surface area contributed by atoms with Gasteiger partial charge in [-0.15, -0.1) is 0 Å². The second kappa shape index (κ2) is 5.03. The lowest BCUT2D eigenvalue weighted by Crippen LogP contribution is -2.45. The van der Waals surface area contributed by atoms with Crippen molar-refractivity contribution in [1.82, 2.24) is 19.7 Å². The number of rotatable bonds is 2. The van der Waals surface area contributed by atoms with E-state index in [0.717, 1.165) is 54.3 Å². The number of nitrogens with two attached hydrogens (primary N) is 1. The standard InChI is InChI=1S/C14H22N6/c1-10-12-8-11(9-15)13(16-14(12)19(3)17-10)20-6-4-18(2)5-7-20/h8H,4-7,9,15H2,1-3H3. The summed E-state index contributed by atoms with van der Waals surface area (Å²) in [5, 5.41) is 5.55. The van der Waals surface area contributed by atoms with Gasteiger partial charge in [-0.25, -0.2) is 4.98 Å². The maximum Gasteiger partial charge on any atom is 0.160 e. The highest BCUT2D eigenvalue weighted by atomic mass is 15.3. The molecule has 2 N–H and O–H groups in total. The zero-order chi connectivity index (χ0) is 14.3. The van der Waals surface area contributed by atoms with E-state index in [1.165, 1.54) is 0 Å². The second-order valence-electron chi connectivity index (χ2n) is 5.55. The molecular weight excluding hydrogens is 252 g/mol. The van der Waals surface area contributed by atoms with E-state index in [2.05, 4.69) is 28.0 Å². The molecule has 108 valence electrons. The van der Waals surface area contributed by atoms with Crippen LogP contribution in [0.3, 0.4) is 0 Å². The number of aryl methyl sites for hydroxylation is 2. The van der Waals surface area contributed by atoms with Gasteiger partial charge in [0, 0.05) is 50.7 Å². The molecule has 0 atom stereocenters. The van der Waals surface area contributed by atoms with Gasteiger partial charge in [-0.05, 0) is 20.0 Å². The molecule has 0 aliphatic carbocycles. The first kappa shape index (κ1) is 13.3. The summed E-state index contributed by atoms with van der Waals surface area (Å²) in [4.78, 5) is 9.52. The van der Waals surface area contributed by atoms with Crippen LogP contribution in [0.5, 0.6) is 0 Å². The summed E-state index contributed by atoms with van der Waals surface area (Å²) in [5.74, 6) is 1.02. The summed E-state index contributed by atoms with van der Waals surface area (Å²) in [6.45, 7) is 6.65. The molecule has 0 bridgehead atoms. The van der Waals surface area contributed by atoms with Crippen molar-refractivity contribution in [3.63, 3.8) is 0 Å². The Morgan fingerprint density at radius 3 is 2.55 bits per heavy atom. The van der Waals surface area contributed by atoms with Crippen molar-refractivity contribution >= 4 is 16.9 Å². The minimum atomic E-state index is 0.513. The fourth-order valence-electron chi connectivity index (χ4n) is 2.82. The van der Waals surface area contributed by atoms with Gasteiger partial charge in [-0.1, -0.05) is 0 Å². The topological polar surface area (TPSA) is 63.2 Å². The molecule has 1 aliphatic heterocycles. The SMILES string of the molecule is Cc1nn(C)c2nc(N3CCN(C)CC3)c(CN)cc12. The number of nitrogens with zero attached hydrogens (tertiary/aromatic N) is 5. The Hall–Kier alpha value is -1.66. The molecule has 0 amide bonds. The molecule has 3 rings (SSSR count). The quantitative estimate of drug-likeness (QED) is 0.863. The molecule has 2 aromatic rings. The summed E-state index contributed by atoms with van der Waals surface area (Å²) in [6, 6.07) is 2.15. The Balaban J connectivity index is 2.07. The summed E-state index contributed by atoms with van der Waals surface area (Å²) >= 11 is 0. The third kappa shape index (κ3) is 2.14. The van der Waals surface area contributed by atoms with E-state index in [-0.39, 0.29) is 0 Å². The Labute approximate surface area is 119 Å². The Morgan fingerprint density at radius 2 is 1.90 bits per heavy atom. The lowest BCUT2D eigenvalue weighted by Gasteiger charge is -2.34. The van der Waals surface area contributed by atoms with E-state index in [0.29, 0.717) is 6.54 Å². The number of pyridine rings is 1. The van der Waals surface area contributed by atoms with Crippen LogP contribution in [0, 0.1) is 6.92 Å². The molecule has 6 nitrogen and oxygen atoms in total. The Morgan fingerprint density at radius 1 is 1.20 bits per heavy atom. The molecule has 0 spiro atoms. The zero-order valence-electron chi connectivity index (χ0n) is 12.4. The number of anilines is 1. The largest absolute Gasteiger partial charge is 0.354 e. The highest BCUT2D eigenvalue weighted by Crippen LogP contribution is 2.25. The molecular formula is C14H22N6. The molecule has 0 unspecified atom stereocenters. The van der Waals surface area contributed by atoms with Crippen molar-refractivity contribution in [3.05, 3.63) is 17.3 Å². The normalized spacial score (nSPS) is 17.1. The van der Waals surface area contributed by atoms with Crippen molar-refractivity contribution in [2.24, 2.45) is 12.8 Å². The third-order valence-corrected chi connectivity index (χ3v) is 4.08. The zero-order valence-corrected chi connectivity index (χ0v) is 12.4. The number of aromatic nitrogens is 3. The number of hydrogen-bond donors (Lipinski definition) is 1. The van der Waals surface area contributed by atoms with Gasteiger partial charge in [-0.2, -0.15) is 5.10 Å². The first-order chi connectivity index (χ1) is 9.60. The van der Waals surface area contributed by atoms with Gasteiger partial charge in [0.1, 0.15) is 5.82 Å². The molecule has 1 fully saturated rings. The van der Waals surface area contributed by atoms with Gasteiger partial charge in [-0.3, -0.25) is 4.68 Å². The molecule has 20 heavy (non-hydrogen) atoms. The summed E-state index contributed by atoms with van der Waals surface area (Å²) < 4.78 is 1.85. The fraction of sp³-hybridized carbons (Fsp3) is 0.571. The summed E-state index contributed by atoms with van der Waals surface area (Å²) in [7, 11) is 4.10. The predicted octanol–water partition coefficient (Wildman–Crippen LogP) is 0.487. The number of piperazine rings is 1. The van der Waals surface area contributed by atoms with E-state index in [9.17, 15) is 0 Å². The summed E-state index contributed by atoms with van der Waals surface area (Å²) in [5.41, 5.74) is 8.99. The first-order valence-electron chi connectivity index (χ1n) is 7.07. The average molecular weight is 274 g/mol. The van der Waals surface area contributed by atoms with Gasteiger partial charge >= 0.3 is 0 Å². The average Bonchev–Trinajstić information content (AvgIpc) is 2.73. The van der Waals surface area contributed by atoms with Crippen LogP contribution in [0.1, 0.15) is 11.3 Å². The van der Waals surface area contributed by atoms with Crippen LogP contribution in [0.25, 0.3) is 11.0 Å². The maximum absolute atomic E-state index is 5.93. The van der Waals surface area contributed by atoms with Crippen LogP contribution >= 0.6 is 0 Å². The molecule has 1 saturated heterocycles. The van der Waals surface area contributed by atoms with Crippen molar-refractivity contribution < 1.29 is 0 Å². The Kier molecular flexibility index (Phi) is 3.35. The van der Waals surface area contributed by atoms with Crippen molar-refractivity contribution in [3.8, 4) is 0 Å². The van der Waals surface area contributed by atoms with Gasteiger partial charge in [0.2, 0.25) is 0 Å². The Bertz CT molecular complexity index is 624. The molecule has 6 heteroatoms.